The third kappa shape index (κ3) is 2.35. The second-order valence-corrected chi connectivity index (χ2v) is 4.67. The van der Waals surface area contributed by atoms with E-state index in [4.69, 9.17) is 26.8 Å². The Kier molecular flexibility index (Phi) is 3.12. The molecule has 6 heteroatoms. The average Bonchev–Trinajstić information content (AvgIpc) is 2.89. The molecule has 102 valence electrons. The molecule has 0 saturated heterocycles. The number of hydrogen-bond acceptors (Lipinski definition) is 4. The van der Waals surface area contributed by atoms with Crippen molar-refractivity contribution in [3.8, 4) is 11.5 Å². The monoisotopic (exact) mass is 290 g/mol. The number of rotatable bonds is 2. The van der Waals surface area contributed by atoms with Gasteiger partial charge < -0.3 is 20.5 Å². The smallest absolute Gasteiger partial charge is 0.255 e. The zero-order valence-corrected chi connectivity index (χ0v) is 11.1. The Balaban J connectivity index is 1.80. The van der Waals surface area contributed by atoms with E-state index in [0.29, 0.717) is 33.5 Å². The molecule has 1 aliphatic heterocycles. The normalized spacial score (nSPS) is 12.2. The molecular formula is C14H11ClN2O3. The molecule has 3 rings (SSSR count). The van der Waals surface area contributed by atoms with Crippen LogP contribution in [0.15, 0.2) is 36.4 Å². The number of nitrogen functional groups attached to an aromatic ring is 1. The van der Waals surface area contributed by atoms with E-state index >= 15 is 0 Å². The van der Waals surface area contributed by atoms with Crippen molar-refractivity contribution < 1.29 is 14.3 Å². The van der Waals surface area contributed by atoms with Gasteiger partial charge in [0.1, 0.15) is 0 Å². The fourth-order valence-electron chi connectivity index (χ4n) is 1.85. The van der Waals surface area contributed by atoms with E-state index in [-0.39, 0.29) is 12.7 Å². The van der Waals surface area contributed by atoms with E-state index in [1.165, 1.54) is 6.07 Å². The van der Waals surface area contributed by atoms with Crippen LogP contribution in [-0.2, 0) is 0 Å². The van der Waals surface area contributed by atoms with Crippen molar-refractivity contribution in [2.24, 2.45) is 0 Å². The highest BCUT2D eigenvalue weighted by Crippen LogP contribution is 2.34. The number of carbonyl (C=O) groups excluding carboxylic acids is 1. The number of benzene rings is 2. The Labute approximate surface area is 120 Å². The van der Waals surface area contributed by atoms with Gasteiger partial charge >= 0.3 is 0 Å². The van der Waals surface area contributed by atoms with Crippen molar-refractivity contribution >= 4 is 28.9 Å². The molecule has 2 aromatic carbocycles. The minimum atomic E-state index is -0.272. The molecule has 1 heterocycles. The molecule has 1 amide bonds. The first-order chi connectivity index (χ1) is 9.63. The van der Waals surface area contributed by atoms with Gasteiger partial charge in [0, 0.05) is 17.3 Å². The number of hydrogen-bond donors (Lipinski definition) is 2. The van der Waals surface area contributed by atoms with Crippen molar-refractivity contribution in [1.29, 1.82) is 0 Å². The van der Waals surface area contributed by atoms with Crippen LogP contribution >= 0.6 is 11.6 Å². The summed E-state index contributed by atoms with van der Waals surface area (Å²) >= 11 is 5.90. The fraction of sp³-hybridized carbons (Fsp3) is 0.0714. The maximum absolute atomic E-state index is 12.1. The summed E-state index contributed by atoms with van der Waals surface area (Å²) < 4.78 is 10.5. The maximum Gasteiger partial charge on any atom is 0.255 e. The first kappa shape index (κ1) is 12.6. The van der Waals surface area contributed by atoms with Crippen LogP contribution in [-0.4, -0.2) is 12.7 Å². The molecule has 0 unspecified atom stereocenters. The van der Waals surface area contributed by atoms with E-state index in [1.54, 1.807) is 30.3 Å². The van der Waals surface area contributed by atoms with Crippen LogP contribution in [0.25, 0.3) is 0 Å². The van der Waals surface area contributed by atoms with Gasteiger partial charge in [0.2, 0.25) is 6.79 Å². The van der Waals surface area contributed by atoms with Crippen LogP contribution in [0.1, 0.15) is 10.4 Å². The lowest BCUT2D eigenvalue weighted by atomic mass is 10.2. The lowest BCUT2D eigenvalue weighted by molar-refractivity contribution is 0.102. The quantitative estimate of drug-likeness (QED) is 0.834. The molecule has 0 atom stereocenters. The van der Waals surface area contributed by atoms with E-state index in [0.717, 1.165) is 0 Å². The summed E-state index contributed by atoms with van der Waals surface area (Å²) in [6.07, 6.45) is 0. The highest BCUT2D eigenvalue weighted by Gasteiger charge is 2.15. The summed E-state index contributed by atoms with van der Waals surface area (Å²) in [4.78, 5) is 12.1. The van der Waals surface area contributed by atoms with Crippen molar-refractivity contribution in [2.75, 3.05) is 17.8 Å². The molecule has 0 bridgehead atoms. The third-order valence-corrected chi connectivity index (χ3v) is 3.22. The lowest BCUT2D eigenvalue weighted by Crippen LogP contribution is -2.11. The summed E-state index contributed by atoms with van der Waals surface area (Å²) in [5.74, 6) is 1.00. The fourth-order valence-corrected chi connectivity index (χ4v) is 2.03. The molecule has 0 aliphatic carbocycles. The Morgan fingerprint density at radius 1 is 1.15 bits per heavy atom. The summed E-state index contributed by atoms with van der Waals surface area (Å²) in [5, 5.41) is 3.11. The van der Waals surface area contributed by atoms with Crippen molar-refractivity contribution in [1.82, 2.24) is 0 Å². The molecule has 0 radical (unpaired) electrons. The molecule has 5 nitrogen and oxygen atoms in total. The second kappa shape index (κ2) is 4.94. The Hall–Kier alpha value is -2.40. The standard InChI is InChI=1S/C14H11ClN2O3/c15-10-5-8(1-3-11(10)16)14(18)17-9-2-4-12-13(6-9)20-7-19-12/h1-6H,7,16H2,(H,17,18). The number of ether oxygens (including phenoxy) is 2. The number of halogens is 1. The summed E-state index contributed by atoms with van der Waals surface area (Å²) in [7, 11) is 0. The van der Waals surface area contributed by atoms with Gasteiger partial charge in [-0.2, -0.15) is 0 Å². The highest BCUT2D eigenvalue weighted by atomic mass is 35.5. The van der Waals surface area contributed by atoms with E-state index < -0.39 is 0 Å². The van der Waals surface area contributed by atoms with E-state index in [9.17, 15) is 4.79 Å². The minimum Gasteiger partial charge on any atom is -0.454 e. The number of fused-ring (bicyclic) bond motifs is 1. The molecule has 2 aromatic rings. The SMILES string of the molecule is Nc1ccc(C(=O)Nc2ccc3c(c2)OCO3)cc1Cl. The molecular weight excluding hydrogens is 280 g/mol. The van der Waals surface area contributed by atoms with Gasteiger partial charge in [-0.3, -0.25) is 4.79 Å². The van der Waals surface area contributed by atoms with E-state index in [2.05, 4.69) is 5.32 Å². The second-order valence-electron chi connectivity index (χ2n) is 4.26. The van der Waals surface area contributed by atoms with Crippen LogP contribution < -0.4 is 20.5 Å². The first-order valence-electron chi connectivity index (χ1n) is 5.89. The topological polar surface area (TPSA) is 73.6 Å². The van der Waals surface area contributed by atoms with Crippen LogP contribution in [0.3, 0.4) is 0 Å². The number of anilines is 2. The Bertz CT molecular complexity index is 688. The van der Waals surface area contributed by atoms with Crippen molar-refractivity contribution in [3.05, 3.63) is 47.0 Å². The van der Waals surface area contributed by atoms with Gasteiger partial charge in [0.25, 0.3) is 5.91 Å². The Morgan fingerprint density at radius 3 is 2.75 bits per heavy atom. The predicted octanol–water partition coefficient (Wildman–Crippen LogP) is 2.90. The predicted molar refractivity (Wildman–Crippen MR) is 76.4 cm³/mol. The Morgan fingerprint density at radius 2 is 1.95 bits per heavy atom. The molecule has 0 fully saturated rings. The minimum absolute atomic E-state index is 0.195. The molecule has 0 saturated carbocycles. The van der Waals surface area contributed by atoms with Crippen LogP contribution in [0.2, 0.25) is 5.02 Å². The van der Waals surface area contributed by atoms with Gasteiger partial charge in [-0.15, -0.1) is 0 Å². The number of amides is 1. The summed E-state index contributed by atoms with van der Waals surface area (Å²) in [5.41, 5.74) is 7.10. The number of carbonyl (C=O) groups is 1. The molecule has 0 aromatic heterocycles. The molecule has 1 aliphatic rings. The molecule has 0 spiro atoms. The largest absolute Gasteiger partial charge is 0.454 e. The van der Waals surface area contributed by atoms with Crippen molar-refractivity contribution in [3.63, 3.8) is 0 Å². The average molecular weight is 291 g/mol. The van der Waals surface area contributed by atoms with Gasteiger partial charge in [-0.05, 0) is 30.3 Å². The lowest BCUT2D eigenvalue weighted by Gasteiger charge is -2.07. The maximum atomic E-state index is 12.1. The number of nitrogens with one attached hydrogen (secondary N) is 1. The van der Waals surface area contributed by atoms with E-state index in [1.807, 2.05) is 0 Å². The van der Waals surface area contributed by atoms with Gasteiger partial charge in [0.05, 0.1) is 10.7 Å². The summed E-state index contributed by atoms with van der Waals surface area (Å²) in [6, 6.07) is 9.93. The zero-order chi connectivity index (χ0) is 14.1. The molecule has 3 N–H and O–H groups in total. The highest BCUT2D eigenvalue weighted by molar-refractivity contribution is 6.33. The third-order valence-electron chi connectivity index (χ3n) is 2.89. The van der Waals surface area contributed by atoms with Crippen LogP contribution in [0.5, 0.6) is 11.5 Å². The molecule has 20 heavy (non-hydrogen) atoms. The van der Waals surface area contributed by atoms with Crippen LogP contribution in [0, 0.1) is 0 Å². The zero-order valence-electron chi connectivity index (χ0n) is 10.4. The van der Waals surface area contributed by atoms with Gasteiger partial charge in [-0.1, -0.05) is 11.6 Å². The first-order valence-corrected chi connectivity index (χ1v) is 6.27. The summed E-state index contributed by atoms with van der Waals surface area (Å²) in [6.45, 7) is 0.195. The van der Waals surface area contributed by atoms with Gasteiger partial charge in [0.15, 0.2) is 11.5 Å². The van der Waals surface area contributed by atoms with Crippen molar-refractivity contribution in [2.45, 2.75) is 0 Å². The van der Waals surface area contributed by atoms with Crippen LogP contribution in [0.4, 0.5) is 11.4 Å². The van der Waals surface area contributed by atoms with Gasteiger partial charge in [-0.25, -0.2) is 0 Å². The number of nitrogens with two attached hydrogens (primary N) is 1.